The van der Waals surface area contributed by atoms with Crippen molar-refractivity contribution in [1.29, 1.82) is 0 Å². The molecular formula is C25H28N8. The van der Waals surface area contributed by atoms with Crippen molar-refractivity contribution in [2.24, 2.45) is 0 Å². The van der Waals surface area contributed by atoms with E-state index in [2.05, 4.69) is 87.5 Å². The number of aromatic nitrogens is 7. The fourth-order valence-electron chi connectivity index (χ4n) is 5.19. The van der Waals surface area contributed by atoms with Crippen molar-refractivity contribution in [3.05, 3.63) is 64.9 Å². The van der Waals surface area contributed by atoms with Crippen LogP contribution in [0.4, 0.5) is 0 Å². The zero-order chi connectivity index (χ0) is 22.7. The molecule has 0 atom stereocenters. The van der Waals surface area contributed by atoms with Gasteiger partial charge in [0.1, 0.15) is 6.33 Å². The molecule has 33 heavy (non-hydrogen) atoms. The summed E-state index contributed by atoms with van der Waals surface area (Å²) in [6.07, 6.45) is 5.53. The van der Waals surface area contributed by atoms with Gasteiger partial charge in [0.15, 0.2) is 5.65 Å². The van der Waals surface area contributed by atoms with Gasteiger partial charge >= 0.3 is 0 Å². The van der Waals surface area contributed by atoms with Gasteiger partial charge in [-0.1, -0.05) is 19.9 Å². The van der Waals surface area contributed by atoms with Crippen LogP contribution >= 0.6 is 0 Å². The van der Waals surface area contributed by atoms with E-state index in [0.717, 1.165) is 31.0 Å². The summed E-state index contributed by atoms with van der Waals surface area (Å²) in [5, 5.41) is 16.5. The normalized spacial score (nSPS) is 15.2. The zero-order valence-corrected chi connectivity index (χ0v) is 19.4. The monoisotopic (exact) mass is 440 g/mol. The Morgan fingerprint density at radius 3 is 2.76 bits per heavy atom. The van der Waals surface area contributed by atoms with E-state index in [9.17, 15) is 0 Å². The molecule has 1 saturated heterocycles. The van der Waals surface area contributed by atoms with Crippen molar-refractivity contribution >= 4 is 16.6 Å². The van der Waals surface area contributed by atoms with Crippen molar-refractivity contribution in [3.8, 4) is 11.3 Å². The van der Waals surface area contributed by atoms with Crippen LogP contribution in [0.3, 0.4) is 0 Å². The number of nitrogens with zero attached hydrogens (tertiary/aromatic N) is 6. The van der Waals surface area contributed by atoms with Gasteiger partial charge in [0.25, 0.3) is 0 Å². The van der Waals surface area contributed by atoms with E-state index < -0.39 is 0 Å². The number of benzene rings is 1. The van der Waals surface area contributed by atoms with E-state index in [1.807, 2.05) is 4.52 Å². The SMILES string of the molecule is Cc1c(-c2[nH]c3ccc(C4CN(Cc5cn[nH]n5)C4)cc3c2C(C)C)cn2ncnc2c1C. The molecule has 0 aliphatic carbocycles. The summed E-state index contributed by atoms with van der Waals surface area (Å²) in [6, 6.07) is 6.93. The molecule has 0 saturated carbocycles. The van der Waals surface area contributed by atoms with Gasteiger partial charge in [-0.3, -0.25) is 4.90 Å². The first-order valence-corrected chi connectivity index (χ1v) is 11.5. The quantitative estimate of drug-likeness (QED) is 0.424. The van der Waals surface area contributed by atoms with E-state index in [1.54, 1.807) is 12.5 Å². The predicted molar refractivity (Wildman–Crippen MR) is 128 cm³/mol. The van der Waals surface area contributed by atoms with Crippen LogP contribution in [0.2, 0.25) is 0 Å². The third-order valence-corrected chi connectivity index (χ3v) is 7.11. The highest BCUT2D eigenvalue weighted by Gasteiger charge is 2.29. The first-order valence-electron chi connectivity index (χ1n) is 11.5. The average Bonchev–Trinajstić information content (AvgIpc) is 3.51. The fourth-order valence-corrected chi connectivity index (χ4v) is 5.19. The first-order chi connectivity index (χ1) is 16.0. The minimum Gasteiger partial charge on any atom is -0.354 e. The lowest BCUT2D eigenvalue weighted by molar-refractivity contribution is 0.138. The topological polar surface area (TPSA) is 90.8 Å². The molecule has 2 N–H and O–H groups in total. The molecule has 1 aliphatic rings. The van der Waals surface area contributed by atoms with E-state index in [-0.39, 0.29) is 0 Å². The summed E-state index contributed by atoms with van der Waals surface area (Å²) < 4.78 is 1.89. The molecule has 0 bridgehead atoms. The molecule has 0 radical (unpaired) electrons. The molecule has 5 aromatic rings. The Labute approximate surface area is 192 Å². The van der Waals surface area contributed by atoms with Gasteiger partial charge in [0, 0.05) is 48.2 Å². The van der Waals surface area contributed by atoms with Crippen molar-refractivity contribution in [3.63, 3.8) is 0 Å². The molecule has 6 rings (SSSR count). The Balaban J connectivity index is 1.38. The van der Waals surface area contributed by atoms with E-state index in [4.69, 9.17) is 0 Å². The fraction of sp³-hybridized carbons (Fsp3) is 0.360. The second kappa shape index (κ2) is 7.52. The van der Waals surface area contributed by atoms with Gasteiger partial charge in [-0.25, -0.2) is 9.50 Å². The van der Waals surface area contributed by atoms with Crippen LogP contribution in [0.5, 0.6) is 0 Å². The highest BCUT2D eigenvalue weighted by Crippen LogP contribution is 2.39. The van der Waals surface area contributed by atoms with E-state index in [1.165, 1.54) is 44.4 Å². The largest absolute Gasteiger partial charge is 0.354 e. The number of fused-ring (bicyclic) bond motifs is 2. The number of likely N-dealkylation sites (tertiary alicyclic amines) is 1. The van der Waals surface area contributed by atoms with Crippen molar-refractivity contribution in [2.45, 2.75) is 46.1 Å². The maximum absolute atomic E-state index is 4.42. The number of hydrogen-bond donors (Lipinski definition) is 2. The lowest BCUT2D eigenvalue weighted by Gasteiger charge is -2.39. The summed E-state index contributed by atoms with van der Waals surface area (Å²) >= 11 is 0. The molecule has 1 aromatic carbocycles. The summed E-state index contributed by atoms with van der Waals surface area (Å²) in [7, 11) is 0. The Morgan fingerprint density at radius 1 is 1.15 bits per heavy atom. The number of H-pyrrole nitrogens is 2. The van der Waals surface area contributed by atoms with Gasteiger partial charge in [0.2, 0.25) is 0 Å². The first kappa shape index (κ1) is 20.1. The molecule has 0 amide bonds. The Hall–Kier alpha value is -3.52. The van der Waals surface area contributed by atoms with Crippen LogP contribution < -0.4 is 0 Å². The molecule has 0 unspecified atom stereocenters. The van der Waals surface area contributed by atoms with Gasteiger partial charge in [-0.15, -0.1) is 0 Å². The van der Waals surface area contributed by atoms with Crippen LogP contribution in [0.15, 0.2) is 36.9 Å². The highest BCUT2D eigenvalue weighted by atomic mass is 15.3. The summed E-state index contributed by atoms with van der Waals surface area (Å²) in [4.78, 5) is 10.6. The minimum atomic E-state index is 0.389. The molecule has 0 spiro atoms. The Bertz CT molecular complexity index is 1450. The summed E-state index contributed by atoms with van der Waals surface area (Å²) in [6.45, 7) is 11.8. The maximum Gasteiger partial charge on any atom is 0.158 e. The molecule has 8 heteroatoms. The number of rotatable bonds is 5. The van der Waals surface area contributed by atoms with Crippen LogP contribution in [-0.2, 0) is 6.54 Å². The Kier molecular flexibility index (Phi) is 4.58. The third-order valence-electron chi connectivity index (χ3n) is 7.11. The second-order valence-corrected chi connectivity index (χ2v) is 9.55. The van der Waals surface area contributed by atoms with Gasteiger partial charge < -0.3 is 4.98 Å². The molecule has 1 aliphatic heterocycles. The lowest BCUT2D eigenvalue weighted by atomic mass is 9.88. The van der Waals surface area contributed by atoms with Crippen LogP contribution in [-0.4, -0.2) is 53.0 Å². The van der Waals surface area contributed by atoms with Crippen molar-refractivity contribution in [2.75, 3.05) is 13.1 Å². The number of hydrogen-bond acceptors (Lipinski definition) is 5. The van der Waals surface area contributed by atoms with Gasteiger partial charge in [-0.2, -0.15) is 20.5 Å². The third kappa shape index (κ3) is 3.24. The smallest absolute Gasteiger partial charge is 0.158 e. The molecule has 4 aromatic heterocycles. The van der Waals surface area contributed by atoms with Crippen LogP contribution in [0.25, 0.3) is 27.8 Å². The minimum absolute atomic E-state index is 0.389. The van der Waals surface area contributed by atoms with Crippen LogP contribution in [0.1, 0.15) is 53.6 Å². The lowest BCUT2D eigenvalue weighted by Crippen LogP contribution is -2.44. The molecule has 5 heterocycles. The number of pyridine rings is 1. The predicted octanol–water partition coefficient (Wildman–Crippen LogP) is 4.34. The molecular weight excluding hydrogens is 412 g/mol. The number of nitrogens with one attached hydrogen (secondary N) is 2. The Morgan fingerprint density at radius 2 is 2.00 bits per heavy atom. The standard InChI is InChI=1S/C25H28N8/c1-14(2)23-20-7-17(18-9-32(10-18)11-19-8-27-31-30-19)5-6-22(20)29-24(23)21-12-33-25(26-13-28-33)16(4)15(21)3/h5-8,12-14,18,29H,9-11H2,1-4H3,(H,27,30,31). The zero-order valence-electron chi connectivity index (χ0n) is 19.4. The average molecular weight is 441 g/mol. The maximum atomic E-state index is 4.42. The molecule has 1 fully saturated rings. The number of aryl methyl sites for hydroxylation is 1. The second-order valence-electron chi connectivity index (χ2n) is 9.55. The van der Waals surface area contributed by atoms with Gasteiger partial charge in [-0.05, 0) is 54.2 Å². The van der Waals surface area contributed by atoms with E-state index >= 15 is 0 Å². The van der Waals surface area contributed by atoms with Crippen LogP contribution in [0, 0.1) is 13.8 Å². The van der Waals surface area contributed by atoms with Gasteiger partial charge in [0.05, 0.1) is 17.6 Å². The number of aromatic amines is 2. The molecule has 168 valence electrons. The summed E-state index contributed by atoms with van der Waals surface area (Å²) in [5.41, 5.74) is 10.7. The summed E-state index contributed by atoms with van der Waals surface area (Å²) in [5.74, 6) is 0.940. The van der Waals surface area contributed by atoms with Crippen molar-refractivity contribution in [1.82, 2.24) is 39.9 Å². The van der Waals surface area contributed by atoms with E-state index in [0.29, 0.717) is 11.8 Å². The molecule has 8 nitrogen and oxygen atoms in total. The van der Waals surface area contributed by atoms with Crippen molar-refractivity contribution < 1.29 is 0 Å². The highest BCUT2D eigenvalue weighted by molar-refractivity contribution is 5.92.